The van der Waals surface area contributed by atoms with Crippen molar-refractivity contribution in [3.63, 3.8) is 0 Å². The minimum atomic E-state index is 0.633. The Morgan fingerprint density at radius 2 is 2.21 bits per heavy atom. The molecule has 0 bridgehead atoms. The molecule has 1 aromatic carbocycles. The summed E-state index contributed by atoms with van der Waals surface area (Å²) >= 11 is 1.48. The van der Waals surface area contributed by atoms with Crippen LogP contribution >= 0.6 is 11.3 Å². The van der Waals surface area contributed by atoms with Crippen molar-refractivity contribution in [2.24, 2.45) is 0 Å². The molecule has 4 nitrogen and oxygen atoms in total. The molecule has 4 N–H and O–H groups in total. The van der Waals surface area contributed by atoms with Crippen molar-refractivity contribution < 1.29 is 0 Å². The van der Waals surface area contributed by atoms with E-state index < -0.39 is 0 Å². The highest BCUT2D eigenvalue weighted by Crippen LogP contribution is 2.17. The van der Waals surface area contributed by atoms with Crippen molar-refractivity contribution in [1.82, 2.24) is 15.3 Å². The molecular formula is C14H16N4S. The van der Waals surface area contributed by atoms with Crippen LogP contribution in [0.15, 0.2) is 35.8 Å². The molecule has 19 heavy (non-hydrogen) atoms. The maximum absolute atomic E-state index is 5.60. The van der Waals surface area contributed by atoms with Gasteiger partial charge in [-0.3, -0.25) is 0 Å². The number of fused-ring (bicyclic) bond motifs is 1. The number of benzene rings is 1. The van der Waals surface area contributed by atoms with Gasteiger partial charge in [-0.25, -0.2) is 4.98 Å². The number of H-pyrrole nitrogens is 1. The van der Waals surface area contributed by atoms with E-state index in [1.807, 2.05) is 11.4 Å². The van der Waals surface area contributed by atoms with Crippen LogP contribution in [0.4, 0.5) is 5.13 Å². The fourth-order valence-corrected chi connectivity index (χ4v) is 2.74. The van der Waals surface area contributed by atoms with Gasteiger partial charge >= 0.3 is 0 Å². The predicted octanol–water partition coefficient (Wildman–Crippen LogP) is 2.54. The molecule has 3 rings (SSSR count). The molecule has 0 radical (unpaired) electrons. The lowest BCUT2D eigenvalue weighted by Crippen LogP contribution is -2.16. The second kappa shape index (κ2) is 5.42. The van der Waals surface area contributed by atoms with Gasteiger partial charge in [-0.1, -0.05) is 18.2 Å². The number of para-hydroxylation sites is 1. The van der Waals surface area contributed by atoms with Crippen molar-refractivity contribution in [2.45, 2.75) is 13.0 Å². The van der Waals surface area contributed by atoms with E-state index in [9.17, 15) is 0 Å². The molecule has 0 unspecified atom stereocenters. The van der Waals surface area contributed by atoms with Gasteiger partial charge in [-0.15, -0.1) is 11.3 Å². The second-order valence-electron chi connectivity index (χ2n) is 4.46. The van der Waals surface area contributed by atoms with Crippen LogP contribution in [-0.2, 0) is 13.0 Å². The zero-order valence-corrected chi connectivity index (χ0v) is 11.3. The Kier molecular flexibility index (Phi) is 3.48. The molecule has 0 aliphatic rings. The number of nitrogens with two attached hydrogens (primary N) is 1. The zero-order chi connectivity index (χ0) is 13.1. The summed E-state index contributed by atoms with van der Waals surface area (Å²) in [5.41, 5.74) is 9.16. The second-order valence-corrected chi connectivity index (χ2v) is 5.35. The molecule has 0 aliphatic heterocycles. The lowest BCUT2D eigenvalue weighted by molar-refractivity contribution is 0.679. The quantitative estimate of drug-likeness (QED) is 0.625. The van der Waals surface area contributed by atoms with E-state index in [2.05, 4.69) is 39.7 Å². The number of nitrogen functional groups attached to an aromatic ring is 1. The normalized spacial score (nSPS) is 11.2. The monoisotopic (exact) mass is 272 g/mol. The van der Waals surface area contributed by atoms with Crippen molar-refractivity contribution in [3.8, 4) is 0 Å². The van der Waals surface area contributed by atoms with Crippen LogP contribution in [0.3, 0.4) is 0 Å². The van der Waals surface area contributed by atoms with Gasteiger partial charge in [0.1, 0.15) is 0 Å². The van der Waals surface area contributed by atoms with Gasteiger partial charge in [0.05, 0.1) is 5.69 Å². The minimum Gasteiger partial charge on any atom is -0.375 e. The average molecular weight is 272 g/mol. The maximum atomic E-state index is 5.60. The summed E-state index contributed by atoms with van der Waals surface area (Å²) in [6.07, 6.45) is 3.09. The van der Waals surface area contributed by atoms with E-state index in [1.54, 1.807) is 0 Å². The van der Waals surface area contributed by atoms with Crippen LogP contribution in [0.1, 0.15) is 11.3 Å². The molecule has 5 heteroatoms. The van der Waals surface area contributed by atoms with E-state index >= 15 is 0 Å². The number of nitrogens with one attached hydrogen (secondary N) is 2. The van der Waals surface area contributed by atoms with Gasteiger partial charge in [0.2, 0.25) is 0 Å². The lowest BCUT2D eigenvalue weighted by Gasteiger charge is -2.02. The number of thiazole rings is 1. The first kappa shape index (κ1) is 12.2. The van der Waals surface area contributed by atoms with Crippen LogP contribution < -0.4 is 11.1 Å². The Labute approximate surface area is 115 Å². The average Bonchev–Trinajstić information content (AvgIpc) is 3.02. The lowest BCUT2D eigenvalue weighted by atomic mass is 10.1. The Hall–Kier alpha value is -1.85. The third-order valence-corrected chi connectivity index (χ3v) is 3.84. The van der Waals surface area contributed by atoms with Gasteiger partial charge in [0.25, 0.3) is 0 Å². The summed E-state index contributed by atoms with van der Waals surface area (Å²) in [5.74, 6) is 0. The fraction of sp³-hybridized carbons (Fsp3) is 0.214. The molecule has 98 valence electrons. The molecule has 0 amide bonds. The van der Waals surface area contributed by atoms with Crippen molar-refractivity contribution >= 4 is 27.4 Å². The summed E-state index contributed by atoms with van der Waals surface area (Å²) in [7, 11) is 0. The van der Waals surface area contributed by atoms with Gasteiger partial charge in [0, 0.05) is 29.0 Å². The smallest absolute Gasteiger partial charge is 0.180 e. The van der Waals surface area contributed by atoms with Gasteiger partial charge < -0.3 is 16.0 Å². The van der Waals surface area contributed by atoms with Crippen molar-refractivity contribution in [3.05, 3.63) is 47.1 Å². The van der Waals surface area contributed by atoms with Crippen LogP contribution in [0.25, 0.3) is 10.9 Å². The third kappa shape index (κ3) is 2.77. The first-order chi connectivity index (χ1) is 9.33. The summed E-state index contributed by atoms with van der Waals surface area (Å²) in [6, 6.07) is 8.38. The first-order valence-electron chi connectivity index (χ1n) is 6.28. The van der Waals surface area contributed by atoms with Crippen molar-refractivity contribution in [1.29, 1.82) is 0 Å². The van der Waals surface area contributed by atoms with E-state index in [0.717, 1.165) is 25.2 Å². The Morgan fingerprint density at radius 1 is 1.32 bits per heavy atom. The minimum absolute atomic E-state index is 0.633. The number of nitrogens with zero attached hydrogens (tertiary/aromatic N) is 1. The van der Waals surface area contributed by atoms with Gasteiger partial charge in [-0.2, -0.15) is 0 Å². The maximum Gasteiger partial charge on any atom is 0.180 e. The van der Waals surface area contributed by atoms with Gasteiger partial charge in [-0.05, 0) is 24.6 Å². The molecule has 0 fully saturated rings. The predicted molar refractivity (Wildman–Crippen MR) is 80.2 cm³/mol. The van der Waals surface area contributed by atoms with Crippen LogP contribution in [-0.4, -0.2) is 16.5 Å². The topological polar surface area (TPSA) is 66.7 Å². The zero-order valence-electron chi connectivity index (χ0n) is 10.5. The highest BCUT2D eigenvalue weighted by Gasteiger charge is 2.02. The van der Waals surface area contributed by atoms with Crippen LogP contribution in [0.2, 0.25) is 0 Å². The number of anilines is 1. The Morgan fingerprint density at radius 3 is 3.05 bits per heavy atom. The molecule has 0 spiro atoms. The number of rotatable bonds is 5. The molecule has 0 saturated carbocycles. The molecule has 0 atom stereocenters. The number of aromatic amines is 1. The number of hydrogen-bond donors (Lipinski definition) is 3. The summed E-state index contributed by atoms with van der Waals surface area (Å²) in [6.45, 7) is 1.70. The van der Waals surface area contributed by atoms with E-state index in [1.165, 1.54) is 27.8 Å². The molecule has 3 aromatic rings. The number of aromatic nitrogens is 2. The molecule has 2 aromatic heterocycles. The first-order valence-corrected chi connectivity index (χ1v) is 7.16. The van der Waals surface area contributed by atoms with Crippen LogP contribution in [0, 0.1) is 0 Å². The van der Waals surface area contributed by atoms with Gasteiger partial charge in [0.15, 0.2) is 5.13 Å². The number of hydrogen-bond acceptors (Lipinski definition) is 4. The SMILES string of the molecule is Nc1nc(CNCCc2c[nH]c3ccccc23)cs1. The Bertz CT molecular complexity index is 671. The van der Waals surface area contributed by atoms with Crippen LogP contribution in [0.5, 0.6) is 0 Å². The third-order valence-electron chi connectivity index (χ3n) is 3.12. The highest BCUT2D eigenvalue weighted by molar-refractivity contribution is 7.13. The molecule has 0 saturated heterocycles. The molecule has 0 aliphatic carbocycles. The summed E-state index contributed by atoms with van der Waals surface area (Å²) in [5, 5.41) is 7.33. The largest absolute Gasteiger partial charge is 0.375 e. The molecular weight excluding hydrogens is 256 g/mol. The van der Waals surface area contributed by atoms with Crippen molar-refractivity contribution in [2.75, 3.05) is 12.3 Å². The Balaban J connectivity index is 1.55. The highest BCUT2D eigenvalue weighted by atomic mass is 32.1. The summed E-state index contributed by atoms with van der Waals surface area (Å²) < 4.78 is 0. The van der Waals surface area contributed by atoms with E-state index in [0.29, 0.717) is 5.13 Å². The standard InChI is InChI=1S/C14H16N4S/c15-14-18-11(9-19-14)8-16-6-5-10-7-17-13-4-2-1-3-12(10)13/h1-4,7,9,16-17H,5-6,8H2,(H2,15,18). The fourth-order valence-electron chi connectivity index (χ4n) is 2.18. The van der Waals surface area contributed by atoms with E-state index in [4.69, 9.17) is 5.73 Å². The molecule has 2 heterocycles. The summed E-state index contributed by atoms with van der Waals surface area (Å²) in [4.78, 5) is 7.52. The van der Waals surface area contributed by atoms with E-state index in [-0.39, 0.29) is 0 Å².